The average molecular weight is 583 g/mol. The Kier molecular flexibility index (Phi) is 6.64. The Balaban J connectivity index is 2.46. The van der Waals surface area contributed by atoms with Gasteiger partial charge in [-0.15, -0.1) is 0 Å². The van der Waals surface area contributed by atoms with Gasteiger partial charge in [-0.2, -0.15) is 25.3 Å². The molecule has 0 aliphatic rings. The van der Waals surface area contributed by atoms with Crippen molar-refractivity contribution in [3.63, 3.8) is 0 Å². The fraction of sp³-hybridized carbons (Fsp3) is 0.0588. The van der Waals surface area contributed by atoms with Crippen LogP contribution in [0, 0.1) is 17.0 Å². The van der Waals surface area contributed by atoms with Crippen LogP contribution in [0.1, 0.15) is 5.56 Å². The number of nitro benzene ring substituents is 1. The number of nitrogens with one attached hydrogen (secondary N) is 1. The first-order valence-corrected chi connectivity index (χ1v) is 14.8. The second-order valence-electron chi connectivity index (χ2n) is 7.19. The van der Waals surface area contributed by atoms with Crippen LogP contribution in [0.3, 0.4) is 0 Å². The molecule has 0 bridgehead atoms. The molecule has 3 aromatic carbocycles. The third-order valence-corrected chi connectivity index (χ3v) is 8.91. The fourth-order valence-electron chi connectivity index (χ4n) is 3.25. The van der Waals surface area contributed by atoms with E-state index in [1.54, 1.807) is 0 Å². The molecule has 19 heteroatoms. The molecule has 36 heavy (non-hydrogen) atoms. The lowest BCUT2D eigenvalue weighted by molar-refractivity contribution is -0.385. The van der Waals surface area contributed by atoms with Crippen molar-refractivity contribution in [3.8, 4) is 0 Å². The molecule has 0 aliphatic carbocycles. The van der Waals surface area contributed by atoms with Gasteiger partial charge >= 0.3 is 0 Å². The Morgan fingerprint density at radius 1 is 0.750 bits per heavy atom. The molecular formula is C17H14N2O13S4. The molecule has 3 aromatic rings. The van der Waals surface area contributed by atoms with Crippen molar-refractivity contribution >= 4 is 62.5 Å². The third kappa shape index (κ3) is 5.31. The summed E-state index contributed by atoms with van der Waals surface area (Å²) < 4.78 is 128. The molecular weight excluding hydrogens is 568 g/mol. The van der Waals surface area contributed by atoms with Crippen LogP contribution >= 0.6 is 0 Å². The Bertz CT molecular complexity index is 1880. The van der Waals surface area contributed by atoms with E-state index in [9.17, 15) is 57.4 Å². The number of benzene rings is 3. The zero-order valence-electron chi connectivity index (χ0n) is 17.5. The smallest absolute Gasteiger partial charge is 0.282 e. The minimum Gasteiger partial charge on any atom is -0.282 e. The monoisotopic (exact) mass is 582 g/mol. The summed E-state index contributed by atoms with van der Waals surface area (Å²) in [4.78, 5) is 5.94. The van der Waals surface area contributed by atoms with Gasteiger partial charge in [-0.1, -0.05) is 6.07 Å². The lowest BCUT2D eigenvalue weighted by Crippen LogP contribution is -2.16. The van der Waals surface area contributed by atoms with Gasteiger partial charge in [0.2, 0.25) is 0 Å². The molecule has 3 rings (SSSR count). The van der Waals surface area contributed by atoms with Gasteiger partial charge in [0.1, 0.15) is 9.79 Å². The molecule has 0 unspecified atom stereocenters. The van der Waals surface area contributed by atoms with E-state index >= 15 is 0 Å². The van der Waals surface area contributed by atoms with Crippen LogP contribution in [0.2, 0.25) is 0 Å². The number of hydrogen-bond acceptors (Lipinski definition) is 10. The number of aryl methyl sites for hydroxylation is 1. The molecule has 0 aromatic heterocycles. The van der Waals surface area contributed by atoms with Gasteiger partial charge in [0.05, 0.1) is 20.4 Å². The maximum absolute atomic E-state index is 13.1. The number of nitrogens with zero attached hydrogens (tertiary/aromatic N) is 1. The molecule has 15 nitrogen and oxygen atoms in total. The predicted molar refractivity (Wildman–Crippen MR) is 122 cm³/mol. The maximum atomic E-state index is 13.1. The van der Waals surface area contributed by atoms with E-state index in [1.165, 1.54) is 6.92 Å². The standard InChI is InChI=1S/C17H14N2O13S4/c1-9-2-3-10(19(20)21)6-15(9)33(22,23)18-13-4-5-14(35(27,28)29)12-7-11(34(24,25)26)8-16(17(12)13)36(30,31)32/h2-8,18H,1H3,(H,24,25,26)(H,27,28,29)(H,30,31,32). The second-order valence-corrected chi connectivity index (χ2v) is 13.0. The molecule has 0 atom stereocenters. The molecule has 4 N–H and O–H groups in total. The summed E-state index contributed by atoms with van der Waals surface area (Å²) in [6, 6.07) is 4.80. The lowest BCUT2D eigenvalue weighted by atomic mass is 10.1. The van der Waals surface area contributed by atoms with Gasteiger partial charge in [0.15, 0.2) is 0 Å². The van der Waals surface area contributed by atoms with E-state index in [1.807, 2.05) is 4.72 Å². The van der Waals surface area contributed by atoms with Crippen LogP contribution in [0.15, 0.2) is 62.0 Å². The minimum absolute atomic E-state index is 0.0237. The van der Waals surface area contributed by atoms with Crippen LogP contribution in [0.5, 0.6) is 0 Å². The van der Waals surface area contributed by atoms with Crippen molar-refractivity contribution < 1.29 is 52.3 Å². The van der Waals surface area contributed by atoms with E-state index in [0.29, 0.717) is 24.3 Å². The van der Waals surface area contributed by atoms with Crippen molar-refractivity contribution in [2.24, 2.45) is 0 Å². The zero-order valence-corrected chi connectivity index (χ0v) is 20.8. The van der Waals surface area contributed by atoms with Gasteiger partial charge in [-0.05, 0) is 36.8 Å². The number of hydrogen-bond donors (Lipinski definition) is 4. The third-order valence-electron chi connectivity index (χ3n) is 4.78. The molecule has 0 fully saturated rings. The van der Waals surface area contributed by atoms with E-state index in [4.69, 9.17) is 0 Å². The molecule has 0 aliphatic heterocycles. The second kappa shape index (κ2) is 8.73. The number of rotatable bonds is 7. The Hall–Kier alpha value is -3.20. The number of fused-ring (bicyclic) bond motifs is 1. The summed E-state index contributed by atoms with van der Waals surface area (Å²) >= 11 is 0. The average Bonchev–Trinajstić information content (AvgIpc) is 2.70. The number of non-ortho nitro benzene ring substituents is 1. The summed E-state index contributed by atoms with van der Waals surface area (Å²) in [6.07, 6.45) is 0. The molecule has 0 spiro atoms. The highest BCUT2D eigenvalue weighted by molar-refractivity contribution is 7.92. The first kappa shape index (κ1) is 27.4. The van der Waals surface area contributed by atoms with Gasteiger partial charge in [0.25, 0.3) is 46.1 Å². The highest BCUT2D eigenvalue weighted by atomic mass is 32.2. The first-order chi connectivity index (χ1) is 16.2. The predicted octanol–water partition coefficient (Wildman–Crippen LogP) is 1.60. The van der Waals surface area contributed by atoms with E-state index in [-0.39, 0.29) is 11.6 Å². The topological polar surface area (TPSA) is 252 Å². The Labute approximate surface area is 203 Å². The summed E-state index contributed by atoms with van der Waals surface area (Å²) in [5.41, 5.74) is -1.31. The minimum atomic E-state index is -5.42. The van der Waals surface area contributed by atoms with Crippen molar-refractivity contribution in [2.75, 3.05) is 4.72 Å². The molecule has 0 radical (unpaired) electrons. The number of anilines is 1. The first-order valence-electron chi connectivity index (χ1n) is 9.04. The number of nitro groups is 1. The fourth-order valence-corrected chi connectivity index (χ4v) is 6.63. The van der Waals surface area contributed by atoms with Gasteiger partial charge < -0.3 is 0 Å². The summed E-state index contributed by atoms with van der Waals surface area (Å²) in [6.45, 7) is 1.29. The van der Waals surface area contributed by atoms with Crippen LogP contribution in [-0.2, 0) is 40.4 Å². The summed E-state index contributed by atoms with van der Waals surface area (Å²) in [5, 5.41) is 9.27. The molecule has 0 amide bonds. The van der Waals surface area contributed by atoms with E-state index in [2.05, 4.69) is 0 Å². The van der Waals surface area contributed by atoms with Crippen molar-refractivity contribution in [1.29, 1.82) is 0 Å². The van der Waals surface area contributed by atoms with E-state index < -0.39 is 87.0 Å². The van der Waals surface area contributed by atoms with Gasteiger partial charge in [-0.25, -0.2) is 8.42 Å². The Morgan fingerprint density at radius 2 is 1.33 bits per heavy atom. The largest absolute Gasteiger partial charge is 0.295 e. The summed E-state index contributed by atoms with van der Waals surface area (Å²) in [7, 11) is -20.6. The highest BCUT2D eigenvalue weighted by Gasteiger charge is 2.29. The van der Waals surface area contributed by atoms with Crippen molar-refractivity contribution in [2.45, 2.75) is 26.5 Å². The molecule has 0 saturated carbocycles. The maximum Gasteiger partial charge on any atom is 0.295 e. The Morgan fingerprint density at radius 3 is 1.83 bits per heavy atom. The summed E-state index contributed by atoms with van der Waals surface area (Å²) in [5.74, 6) is 0. The molecule has 194 valence electrons. The highest BCUT2D eigenvalue weighted by Crippen LogP contribution is 2.38. The van der Waals surface area contributed by atoms with Crippen molar-refractivity contribution in [1.82, 2.24) is 0 Å². The molecule has 0 saturated heterocycles. The quantitative estimate of drug-likeness (QED) is 0.176. The van der Waals surface area contributed by atoms with Crippen LogP contribution < -0.4 is 4.72 Å². The van der Waals surface area contributed by atoms with Crippen LogP contribution in [-0.4, -0.2) is 52.3 Å². The van der Waals surface area contributed by atoms with Crippen LogP contribution in [0.4, 0.5) is 11.4 Å². The molecule has 0 heterocycles. The SMILES string of the molecule is Cc1ccc([N+](=O)[O-])cc1S(=O)(=O)Nc1ccc(S(=O)(=O)O)c2cc(S(=O)(=O)O)cc(S(=O)(=O)O)c12. The normalized spacial score (nSPS) is 13.0. The van der Waals surface area contributed by atoms with Gasteiger partial charge in [-0.3, -0.25) is 28.5 Å². The van der Waals surface area contributed by atoms with Crippen molar-refractivity contribution in [3.05, 3.63) is 58.1 Å². The zero-order chi connectivity index (χ0) is 27.4. The van der Waals surface area contributed by atoms with E-state index in [0.717, 1.165) is 12.1 Å². The van der Waals surface area contributed by atoms with Gasteiger partial charge in [0, 0.05) is 22.9 Å². The van der Waals surface area contributed by atoms with Crippen LogP contribution in [0.25, 0.3) is 10.8 Å². The lowest BCUT2D eigenvalue weighted by Gasteiger charge is -2.16. The number of sulfonamides is 1.